The third-order valence-corrected chi connectivity index (χ3v) is 4.03. The van der Waals surface area contributed by atoms with Gasteiger partial charge in [0.15, 0.2) is 5.78 Å². The van der Waals surface area contributed by atoms with Gasteiger partial charge in [-0.05, 0) is 31.4 Å². The number of hydrogen-bond donors (Lipinski definition) is 1. The van der Waals surface area contributed by atoms with Crippen molar-refractivity contribution in [3.8, 4) is 0 Å². The lowest BCUT2D eigenvalue weighted by atomic mass is 9.98. The Morgan fingerprint density at radius 1 is 1.38 bits per heavy atom. The van der Waals surface area contributed by atoms with Crippen LogP contribution in [0.5, 0.6) is 0 Å². The lowest BCUT2D eigenvalue weighted by Crippen LogP contribution is -2.55. The average molecular weight is 288 g/mol. The molecule has 0 saturated carbocycles. The Kier molecular flexibility index (Phi) is 3.73. The minimum Gasteiger partial charge on any atom is -0.378 e. The van der Waals surface area contributed by atoms with E-state index in [0.717, 1.165) is 25.8 Å². The summed E-state index contributed by atoms with van der Waals surface area (Å²) in [6, 6.07) is 5.72. The number of nitrogens with one attached hydrogen (secondary N) is 1. The molecule has 2 heterocycles. The maximum absolute atomic E-state index is 13.1. The first-order valence-corrected chi connectivity index (χ1v) is 7.21. The lowest BCUT2D eigenvalue weighted by Gasteiger charge is -2.40. The summed E-state index contributed by atoms with van der Waals surface area (Å²) in [5.41, 5.74) is 0.556. The molecule has 2 fully saturated rings. The van der Waals surface area contributed by atoms with Crippen LogP contribution >= 0.6 is 0 Å². The summed E-state index contributed by atoms with van der Waals surface area (Å²) in [6.45, 7) is 1.42. The van der Waals surface area contributed by atoms with E-state index in [2.05, 4.69) is 5.32 Å². The number of nitrogens with zero attached hydrogens (tertiary/aromatic N) is 1. The van der Waals surface area contributed by atoms with Crippen molar-refractivity contribution >= 4 is 11.7 Å². The number of ketones is 1. The van der Waals surface area contributed by atoms with Gasteiger partial charge in [-0.25, -0.2) is 4.39 Å². The van der Waals surface area contributed by atoms with E-state index in [-0.39, 0.29) is 23.3 Å². The van der Waals surface area contributed by atoms with Crippen molar-refractivity contribution in [3.63, 3.8) is 0 Å². The van der Waals surface area contributed by atoms with E-state index in [1.807, 2.05) is 4.90 Å². The molecule has 21 heavy (non-hydrogen) atoms. The quantitative estimate of drug-likeness (QED) is 0.668. The summed E-state index contributed by atoms with van der Waals surface area (Å²) in [7, 11) is 0. The largest absolute Gasteiger partial charge is 0.378 e. The van der Waals surface area contributed by atoms with Crippen LogP contribution in [0.15, 0.2) is 36.0 Å². The summed E-state index contributed by atoms with van der Waals surface area (Å²) >= 11 is 0. The minimum atomic E-state index is -0.460. The number of carbonyl (C=O) groups is 2. The van der Waals surface area contributed by atoms with Gasteiger partial charge in [-0.3, -0.25) is 9.59 Å². The predicted octanol–water partition coefficient (Wildman–Crippen LogP) is 1.88. The van der Waals surface area contributed by atoms with Gasteiger partial charge in [-0.15, -0.1) is 0 Å². The molecule has 0 radical (unpaired) electrons. The number of benzene rings is 1. The Morgan fingerprint density at radius 3 is 3.05 bits per heavy atom. The molecule has 1 aromatic carbocycles. The Balaban J connectivity index is 1.79. The number of halogens is 1. The highest BCUT2D eigenvalue weighted by Gasteiger charge is 2.33. The molecule has 1 amide bonds. The van der Waals surface area contributed by atoms with Crippen LogP contribution in [-0.2, 0) is 4.79 Å². The first kappa shape index (κ1) is 13.8. The summed E-state index contributed by atoms with van der Waals surface area (Å²) < 4.78 is 13.1. The molecular formula is C16H17FN2O2. The highest BCUT2D eigenvalue weighted by Crippen LogP contribution is 2.22. The van der Waals surface area contributed by atoms with E-state index in [1.54, 1.807) is 6.07 Å². The predicted molar refractivity (Wildman–Crippen MR) is 76.2 cm³/mol. The molecule has 2 aliphatic heterocycles. The van der Waals surface area contributed by atoms with Crippen molar-refractivity contribution < 1.29 is 14.0 Å². The zero-order valence-electron chi connectivity index (χ0n) is 11.6. The zero-order chi connectivity index (χ0) is 14.8. The third-order valence-electron chi connectivity index (χ3n) is 4.03. The van der Waals surface area contributed by atoms with Gasteiger partial charge < -0.3 is 10.2 Å². The Hall–Kier alpha value is -2.17. The van der Waals surface area contributed by atoms with Gasteiger partial charge in [0.1, 0.15) is 11.5 Å². The molecule has 1 atom stereocenters. The van der Waals surface area contributed by atoms with Crippen molar-refractivity contribution in [2.45, 2.75) is 25.3 Å². The number of hydrogen-bond acceptors (Lipinski definition) is 3. The number of carbonyl (C=O) groups excluding carboxylic acids is 2. The Labute approximate surface area is 122 Å². The van der Waals surface area contributed by atoms with Crippen molar-refractivity contribution in [1.29, 1.82) is 0 Å². The smallest absolute Gasteiger partial charge is 0.270 e. The van der Waals surface area contributed by atoms with Gasteiger partial charge >= 0.3 is 0 Å². The van der Waals surface area contributed by atoms with E-state index < -0.39 is 5.82 Å². The molecule has 110 valence electrons. The van der Waals surface area contributed by atoms with Gasteiger partial charge in [0.05, 0.1) is 0 Å². The fourth-order valence-corrected chi connectivity index (χ4v) is 2.91. The maximum Gasteiger partial charge on any atom is 0.270 e. The minimum absolute atomic E-state index is 0.129. The molecule has 1 unspecified atom stereocenters. The van der Waals surface area contributed by atoms with Crippen LogP contribution in [0.3, 0.4) is 0 Å². The molecule has 3 rings (SSSR count). The molecule has 5 heteroatoms. The van der Waals surface area contributed by atoms with Crippen LogP contribution in [0.2, 0.25) is 0 Å². The molecular weight excluding hydrogens is 271 g/mol. The second-order valence-electron chi connectivity index (χ2n) is 5.46. The van der Waals surface area contributed by atoms with Crippen molar-refractivity contribution in [1.82, 2.24) is 10.2 Å². The summed E-state index contributed by atoms with van der Waals surface area (Å²) in [4.78, 5) is 26.3. The summed E-state index contributed by atoms with van der Waals surface area (Å²) in [6.07, 6.45) is 4.43. The van der Waals surface area contributed by atoms with Crippen LogP contribution in [0.1, 0.15) is 29.6 Å². The number of amides is 1. The number of fused-ring (bicyclic) bond motifs is 1. The Morgan fingerprint density at radius 2 is 2.24 bits per heavy atom. The molecule has 4 nitrogen and oxygen atoms in total. The molecule has 0 aromatic heterocycles. The van der Waals surface area contributed by atoms with E-state index in [0.29, 0.717) is 12.2 Å². The van der Waals surface area contributed by atoms with Gasteiger partial charge in [0.25, 0.3) is 5.91 Å². The third kappa shape index (κ3) is 2.82. The maximum atomic E-state index is 13.1. The molecule has 2 aliphatic rings. The van der Waals surface area contributed by atoms with Crippen molar-refractivity contribution in [3.05, 3.63) is 47.4 Å². The van der Waals surface area contributed by atoms with Crippen molar-refractivity contribution in [2.24, 2.45) is 0 Å². The van der Waals surface area contributed by atoms with Gasteiger partial charge in [0, 0.05) is 30.8 Å². The van der Waals surface area contributed by atoms with Gasteiger partial charge in [0.2, 0.25) is 0 Å². The average Bonchev–Trinajstić information content (AvgIpc) is 2.50. The molecule has 1 N–H and O–H groups in total. The lowest BCUT2D eigenvalue weighted by molar-refractivity contribution is -0.132. The van der Waals surface area contributed by atoms with Crippen molar-refractivity contribution in [2.75, 3.05) is 13.1 Å². The molecule has 1 aromatic rings. The standard InChI is InChI=1S/C16H17FN2O2/c17-12-5-3-4-11(8-12)15(20)9-14-16(21)19-7-2-1-6-13(19)10-18-14/h3-5,8-9,13,18H,1-2,6-7,10H2. The molecule has 0 bridgehead atoms. The van der Waals surface area contributed by atoms with E-state index >= 15 is 0 Å². The second kappa shape index (κ2) is 5.68. The molecule has 0 spiro atoms. The van der Waals surface area contributed by atoms with E-state index in [1.165, 1.54) is 24.3 Å². The highest BCUT2D eigenvalue weighted by molar-refractivity contribution is 6.09. The molecule has 0 aliphatic carbocycles. The number of allylic oxidation sites excluding steroid dienone is 1. The topological polar surface area (TPSA) is 49.4 Å². The van der Waals surface area contributed by atoms with Crippen LogP contribution in [-0.4, -0.2) is 35.7 Å². The number of rotatable bonds is 2. The SMILES string of the molecule is O=C(C=C1NCC2CCCCN2C1=O)c1cccc(F)c1. The first-order chi connectivity index (χ1) is 10.1. The fraction of sp³-hybridized carbons (Fsp3) is 0.375. The summed E-state index contributed by atoms with van der Waals surface area (Å²) in [5.74, 6) is -0.949. The van der Waals surface area contributed by atoms with Crippen LogP contribution < -0.4 is 5.32 Å². The highest BCUT2D eigenvalue weighted by atomic mass is 19.1. The van der Waals surface area contributed by atoms with Crippen LogP contribution in [0.4, 0.5) is 4.39 Å². The van der Waals surface area contributed by atoms with E-state index in [9.17, 15) is 14.0 Å². The number of piperazine rings is 1. The Bertz CT molecular complexity index is 612. The van der Waals surface area contributed by atoms with Crippen LogP contribution in [0, 0.1) is 5.82 Å². The first-order valence-electron chi connectivity index (χ1n) is 7.21. The monoisotopic (exact) mass is 288 g/mol. The second-order valence-corrected chi connectivity index (χ2v) is 5.46. The number of piperidine rings is 1. The van der Waals surface area contributed by atoms with Gasteiger partial charge in [-0.2, -0.15) is 0 Å². The molecule has 2 saturated heterocycles. The van der Waals surface area contributed by atoms with Gasteiger partial charge in [-0.1, -0.05) is 12.1 Å². The fourth-order valence-electron chi connectivity index (χ4n) is 2.91. The zero-order valence-corrected chi connectivity index (χ0v) is 11.6. The van der Waals surface area contributed by atoms with E-state index in [4.69, 9.17) is 0 Å². The normalized spacial score (nSPS) is 23.7. The summed E-state index contributed by atoms with van der Waals surface area (Å²) in [5, 5.41) is 3.04. The van der Waals surface area contributed by atoms with Crippen LogP contribution in [0.25, 0.3) is 0 Å².